The van der Waals surface area contributed by atoms with Crippen LogP contribution in [0, 0.1) is 11.8 Å². The fourth-order valence-electron chi connectivity index (χ4n) is 5.82. The molecule has 0 aliphatic carbocycles. The molecule has 8 heteroatoms. The first-order chi connectivity index (χ1) is 18.4. The molecule has 0 bridgehead atoms. The Balaban J connectivity index is 1.47. The molecule has 3 aliphatic rings. The van der Waals surface area contributed by atoms with Crippen molar-refractivity contribution in [2.45, 2.75) is 19.0 Å². The molecule has 0 aromatic heterocycles. The van der Waals surface area contributed by atoms with Gasteiger partial charge >= 0.3 is 5.97 Å². The number of carbonyl (C=O) groups excluding carboxylic acids is 4. The third-order valence-electron chi connectivity index (χ3n) is 7.46. The molecule has 3 aliphatic heterocycles. The predicted molar refractivity (Wildman–Crippen MR) is 145 cm³/mol. The highest BCUT2D eigenvalue weighted by molar-refractivity contribution is 9.10. The lowest BCUT2D eigenvalue weighted by Gasteiger charge is -2.32. The van der Waals surface area contributed by atoms with Gasteiger partial charge in [0.15, 0.2) is 5.78 Å². The third kappa shape index (κ3) is 3.70. The van der Waals surface area contributed by atoms with Gasteiger partial charge in [-0.1, -0.05) is 64.5 Å². The number of imide groups is 1. The Morgan fingerprint density at radius 2 is 1.63 bits per heavy atom. The monoisotopic (exact) mass is 570 g/mol. The fraction of sp³-hybridized carbons (Fsp3) is 0.200. The Morgan fingerprint density at radius 3 is 2.39 bits per heavy atom. The van der Waals surface area contributed by atoms with E-state index >= 15 is 0 Å². The molecule has 7 nitrogen and oxygen atoms in total. The number of fused-ring (bicyclic) bond motifs is 4. The van der Waals surface area contributed by atoms with Gasteiger partial charge < -0.3 is 9.64 Å². The molecule has 3 aromatic carbocycles. The van der Waals surface area contributed by atoms with Crippen LogP contribution in [0.3, 0.4) is 0 Å². The second-order valence-corrected chi connectivity index (χ2v) is 10.4. The van der Waals surface area contributed by atoms with Crippen molar-refractivity contribution in [3.63, 3.8) is 0 Å². The summed E-state index contributed by atoms with van der Waals surface area (Å²) in [7, 11) is 0. The standard InChI is InChI=1S/C30H23BrN2O5/c1-2-38-30(37)19-14-15-32-23(16-19)24-25(26(32)27(34)18-10-12-20(31)13-11-18)29(36)33(28(24)35)22-9-5-7-17-6-3-4-8-21(17)22/h3-16,23-26H,2H2,1H3/t23-,24-,25-,26+/m1/s1. The lowest BCUT2D eigenvalue weighted by molar-refractivity contribution is -0.138. The molecule has 38 heavy (non-hydrogen) atoms. The fourth-order valence-corrected chi connectivity index (χ4v) is 6.09. The molecule has 0 unspecified atom stereocenters. The van der Waals surface area contributed by atoms with Crippen LogP contribution in [0.1, 0.15) is 17.3 Å². The van der Waals surface area contributed by atoms with Gasteiger partial charge in [-0.2, -0.15) is 0 Å². The zero-order chi connectivity index (χ0) is 26.6. The van der Waals surface area contributed by atoms with Gasteiger partial charge in [0.2, 0.25) is 11.8 Å². The van der Waals surface area contributed by atoms with Crippen LogP contribution in [0.4, 0.5) is 5.69 Å². The van der Waals surface area contributed by atoms with Crippen molar-refractivity contribution >= 4 is 56.0 Å². The maximum Gasteiger partial charge on any atom is 0.337 e. The van der Waals surface area contributed by atoms with E-state index in [9.17, 15) is 19.2 Å². The van der Waals surface area contributed by atoms with Gasteiger partial charge in [-0.15, -0.1) is 0 Å². The highest BCUT2D eigenvalue weighted by atomic mass is 79.9. The maximum absolute atomic E-state index is 14.1. The normalized spacial score (nSPS) is 23.9. The molecule has 0 N–H and O–H groups in total. The smallest absolute Gasteiger partial charge is 0.337 e. The number of ketones is 1. The van der Waals surface area contributed by atoms with Crippen LogP contribution in [0.25, 0.3) is 10.8 Å². The van der Waals surface area contributed by atoms with E-state index in [1.807, 2.05) is 36.4 Å². The molecular weight excluding hydrogens is 548 g/mol. The van der Waals surface area contributed by atoms with E-state index in [2.05, 4.69) is 15.9 Å². The first-order valence-corrected chi connectivity index (χ1v) is 13.2. The number of benzene rings is 3. The molecule has 0 spiro atoms. The molecule has 6 rings (SSSR count). The first-order valence-electron chi connectivity index (χ1n) is 12.4. The van der Waals surface area contributed by atoms with Crippen molar-refractivity contribution in [3.05, 3.63) is 101 Å². The van der Waals surface area contributed by atoms with E-state index in [-0.39, 0.29) is 18.3 Å². The van der Waals surface area contributed by atoms with E-state index in [0.29, 0.717) is 16.8 Å². The lowest BCUT2D eigenvalue weighted by Crippen LogP contribution is -2.46. The number of nitrogens with zero attached hydrogens (tertiary/aromatic N) is 2. The van der Waals surface area contributed by atoms with Crippen molar-refractivity contribution in [1.29, 1.82) is 0 Å². The van der Waals surface area contributed by atoms with Crippen molar-refractivity contribution < 1.29 is 23.9 Å². The van der Waals surface area contributed by atoms with E-state index in [4.69, 9.17) is 4.74 Å². The van der Waals surface area contributed by atoms with Crippen LogP contribution < -0.4 is 4.90 Å². The minimum atomic E-state index is -0.912. The first kappa shape index (κ1) is 24.3. The Labute approximate surface area is 227 Å². The topological polar surface area (TPSA) is 84.0 Å². The summed E-state index contributed by atoms with van der Waals surface area (Å²) in [6, 6.07) is 18.4. The summed E-state index contributed by atoms with van der Waals surface area (Å²) in [6.45, 7) is 1.93. The number of halogens is 1. The molecule has 2 fully saturated rings. The van der Waals surface area contributed by atoms with Crippen LogP contribution in [-0.4, -0.2) is 47.2 Å². The average molecular weight is 571 g/mol. The van der Waals surface area contributed by atoms with E-state index < -0.39 is 35.8 Å². The lowest BCUT2D eigenvalue weighted by atomic mass is 9.86. The van der Waals surface area contributed by atoms with E-state index in [1.165, 1.54) is 4.90 Å². The highest BCUT2D eigenvalue weighted by Gasteiger charge is 2.63. The molecule has 190 valence electrons. The number of ether oxygens (including phenoxy) is 1. The Bertz CT molecular complexity index is 1560. The summed E-state index contributed by atoms with van der Waals surface area (Å²) in [5.41, 5.74) is 1.23. The van der Waals surface area contributed by atoms with Gasteiger partial charge in [0.25, 0.3) is 0 Å². The SMILES string of the molecule is CCOC(=O)C1=C[C@@H]2[C@H]3C(=O)N(c4cccc5ccccc45)C(=O)[C@H]3[C@@H](C(=O)c3ccc(Br)cc3)N2C=C1. The Hall–Kier alpha value is -4.04. The minimum Gasteiger partial charge on any atom is -0.462 e. The molecule has 2 saturated heterocycles. The number of carbonyl (C=O) groups is 4. The van der Waals surface area contributed by atoms with Gasteiger partial charge in [-0.25, -0.2) is 9.69 Å². The van der Waals surface area contributed by atoms with E-state index in [0.717, 1.165) is 15.2 Å². The third-order valence-corrected chi connectivity index (χ3v) is 7.99. The van der Waals surface area contributed by atoms with Crippen LogP contribution in [0.15, 0.2) is 95.1 Å². The second-order valence-electron chi connectivity index (χ2n) is 9.47. The molecule has 2 amide bonds. The van der Waals surface area contributed by atoms with Gasteiger partial charge in [0, 0.05) is 21.6 Å². The molecular formula is C30H23BrN2O5. The minimum absolute atomic E-state index is 0.210. The molecule has 3 aromatic rings. The summed E-state index contributed by atoms with van der Waals surface area (Å²) >= 11 is 3.39. The number of anilines is 1. The van der Waals surface area contributed by atoms with Crippen LogP contribution in [0.5, 0.6) is 0 Å². The summed E-state index contributed by atoms with van der Waals surface area (Å²) in [6.07, 6.45) is 4.87. The largest absolute Gasteiger partial charge is 0.462 e. The molecule has 0 radical (unpaired) electrons. The van der Waals surface area contributed by atoms with Gasteiger partial charge in [-0.05, 0) is 42.7 Å². The van der Waals surface area contributed by atoms with Crippen molar-refractivity contribution in [1.82, 2.24) is 4.90 Å². The number of amides is 2. The van der Waals surface area contributed by atoms with Gasteiger partial charge in [0.1, 0.15) is 6.04 Å². The molecule has 4 atom stereocenters. The van der Waals surface area contributed by atoms with Crippen molar-refractivity contribution in [2.75, 3.05) is 11.5 Å². The molecule has 0 saturated carbocycles. The number of esters is 1. The zero-order valence-electron chi connectivity index (χ0n) is 20.4. The highest BCUT2D eigenvalue weighted by Crippen LogP contribution is 2.48. The predicted octanol–water partition coefficient (Wildman–Crippen LogP) is 4.66. The summed E-state index contributed by atoms with van der Waals surface area (Å²) in [4.78, 5) is 57.5. The number of Topliss-reactive ketones (excluding diaryl/α,β-unsaturated/α-hetero) is 1. The average Bonchev–Trinajstić information content (AvgIpc) is 3.40. The van der Waals surface area contributed by atoms with Crippen molar-refractivity contribution in [3.8, 4) is 0 Å². The van der Waals surface area contributed by atoms with Crippen LogP contribution >= 0.6 is 15.9 Å². The summed E-state index contributed by atoms with van der Waals surface area (Å²) in [5.74, 6) is -3.31. The second kappa shape index (κ2) is 9.36. The van der Waals surface area contributed by atoms with Crippen LogP contribution in [0.2, 0.25) is 0 Å². The summed E-state index contributed by atoms with van der Waals surface area (Å²) < 4.78 is 6.00. The van der Waals surface area contributed by atoms with Crippen molar-refractivity contribution in [2.24, 2.45) is 11.8 Å². The van der Waals surface area contributed by atoms with Crippen LogP contribution in [-0.2, 0) is 19.1 Å². The molecule has 3 heterocycles. The summed E-state index contributed by atoms with van der Waals surface area (Å²) in [5, 5.41) is 1.67. The van der Waals surface area contributed by atoms with E-state index in [1.54, 1.807) is 60.5 Å². The van der Waals surface area contributed by atoms with Gasteiger partial charge in [0.05, 0.1) is 35.7 Å². The quantitative estimate of drug-likeness (QED) is 0.252. The van der Waals surface area contributed by atoms with Gasteiger partial charge in [-0.3, -0.25) is 14.4 Å². The maximum atomic E-state index is 14.1. The Kier molecular flexibility index (Phi) is 5.99. The number of hydrogen-bond acceptors (Lipinski definition) is 6. The Morgan fingerprint density at radius 1 is 0.921 bits per heavy atom. The number of hydrogen-bond donors (Lipinski definition) is 0. The number of rotatable bonds is 5. The zero-order valence-corrected chi connectivity index (χ0v) is 22.0.